The second-order valence-electron chi connectivity index (χ2n) is 3.87. The van der Waals surface area contributed by atoms with Gasteiger partial charge in [0.1, 0.15) is 6.33 Å². The first-order valence-corrected chi connectivity index (χ1v) is 5.00. The van der Waals surface area contributed by atoms with Crippen molar-refractivity contribution in [2.75, 3.05) is 6.54 Å². The average molecular weight is 206 g/mol. The Morgan fingerprint density at radius 1 is 1.60 bits per heavy atom. The standard InChI is InChI=1S/C10H14N4O/c11-6-10(2-3-10)9(15)13-5-8-1-4-12-7-14-8/h1,4,7H,2-3,5-6,11H2,(H,13,15). The molecule has 2 rings (SSSR count). The van der Waals surface area contributed by atoms with Gasteiger partial charge in [-0.05, 0) is 18.9 Å². The number of carbonyl (C=O) groups is 1. The van der Waals surface area contributed by atoms with Gasteiger partial charge < -0.3 is 11.1 Å². The summed E-state index contributed by atoms with van der Waals surface area (Å²) in [5, 5.41) is 2.84. The molecule has 1 aliphatic rings. The quantitative estimate of drug-likeness (QED) is 0.716. The van der Waals surface area contributed by atoms with Crippen molar-refractivity contribution in [1.82, 2.24) is 15.3 Å². The van der Waals surface area contributed by atoms with Crippen molar-refractivity contribution in [1.29, 1.82) is 0 Å². The average Bonchev–Trinajstić information content (AvgIpc) is 3.08. The highest BCUT2D eigenvalue weighted by Crippen LogP contribution is 2.44. The van der Waals surface area contributed by atoms with Gasteiger partial charge in [-0.15, -0.1) is 0 Å². The van der Waals surface area contributed by atoms with Crippen LogP contribution in [0.2, 0.25) is 0 Å². The summed E-state index contributed by atoms with van der Waals surface area (Å²) in [4.78, 5) is 19.5. The third kappa shape index (κ3) is 2.12. The van der Waals surface area contributed by atoms with E-state index in [0.29, 0.717) is 13.1 Å². The summed E-state index contributed by atoms with van der Waals surface area (Å²) in [6, 6.07) is 1.78. The predicted octanol–water partition coefficient (Wildman–Crippen LogP) is -0.168. The lowest BCUT2D eigenvalue weighted by Crippen LogP contribution is -2.36. The third-order valence-corrected chi connectivity index (χ3v) is 2.80. The maximum absolute atomic E-state index is 11.7. The summed E-state index contributed by atoms with van der Waals surface area (Å²) in [5.74, 6) is 0.0450. The topological polar surface area (TPSA) is 80.9 Å². The summed E-state index contributed by atoms with van der Waals surface area (Å²) >= 11 is 0. The first kappa shape index (κ1) is 10.0. The molecule has 80 valence electrons. The van der Waals surface area contributed by atoms with Crippen molar-refractivity contribution in [2.24, 2.45) is 11.1 Å². The van der Waals surface area contributed by atoms with E-state index in [1.54, 1.807) is 12.3 Å². The number of hydrogen-bond donors (Lipinski definition) is 2. The lowest BCUT2D eigenvalue weighted by atomic mass is 10.1. The first-order valence-electron chi connectivity index (χ1n) is 5.00. The zero-order chi connectivity index (χ0) is 10.7. The van der Waals surface area contributed by atoms with Gasteiger partial charge in [0.05, 0.1) is 17.7 Å². The van der Waals surface area contributed by atoms with Crippen molar-refractivity contribution < 1.29 is 4.79 Å². The molecule has 1 saturated carbocycles. The first-order chi connectivity index (χ1) is 7.27. The van der Waals surface area contributed by atoms with Crippen LogP contribution in [-0.4, -0.2) is 22.4 Å². The largest absolute Gasteiger partial charge is 0.350 e. The Kier molecular flexibility index (Phi) is 2.64. The minimum absolute atomic E-state index is 0.0450. The molecule has 0 atom stereocenters. The summed E-state index contributed by atoms with van der Waals surface area (Å²) in [7, 11) is 0. The van der Waals surface area contributed by atoms with Crippen LogP contribution in [-0.2, 0) is 11.3 Å². The van der Waals surface area contributed by atoms with Crippen LogP contribution in [0.3, 0.4) is 0 Å². The van der Waals surface area contributed by atoms with Crippen molar-refractivity contribution in [3.8, 4) is 0 Å². The highest BCUT2D eigenvalue weighted by atomic mass is 16.2. The van der Waals surface area contributed by atoms with E-state index in [0.717, 1.165) is 18.5 Å². The van der Waals surface area contributed by atoms with Gasteiger partial charge in [0.25, 0.3) is 0 Å². The zero-order valence-corrected chi connectivity index (χ0v) is 8.44. The Morgan fingerprint density at radius 3 is 2.93 bits per heavy atom. The van der Waals surface area contributed by atoms with Gasteiger partial charge in [0.2, 0.25) is 5.91 Å². The van der Waals surface area contributed by atoms with Gasteiger partial charge >= 0.3 is 0 Å². The molecule has 1 amide bonds. The SMILES string of the molecule is NCC1(C(=O)NCc2ccncn2)CC1. The fourth-order valence-corrected chi connectivity index (χ4v) is 1.46. The Hall–Kier alpha value is -1.49. The molecular weight excluding hydrogens is 192 g/mol. The van der Waals surface area contributed by atoms with Gasteiger partial charge in [-0.2, -0.15) is 0 Å². The van der Waals surface area contributed by atoms with Crippen LogP contribution in [0, 0.1) is 5.41 Å². The second kappa shape index (κ2) is 3.94. The minimum atomic E-state index is -0.285. The molecule has 0 spiro atoms. The van der Waals surface area contributed by atoms with Crippen LogP contribution in [0.1, 0.15) is 18.5 Å². The van der Waals surface area contributed by atoms with Crippen LogP contribution >= 0.6 is 0 Å². The molecule has 0 aromatic carbocycles. The van der Waals surface area contributed by atoms with E-state index >= 15 is 0 Å². The monoisotopic (exact) mass is 206 g/mol. The van der Waals surface area contributed by atoms with Gasteiger partial charge in [0, 0.05) is 12.7 Å². The van der Waals surface area contributed by atoms with Gasteiger partial charge in [-0.1, -0.05) is 0 Å². The highest BCUT2D eigenvalue weighted by Gasteiger charge is 2.48. The van der Waals surface area contributed by atoms with Gasteiger partial charge in [0.15, 0.2) is 0 Å². The summed E-state index contributed by atoms with van der Waals surface area (Å²) < 4.78 is 0. The maximum Gasteiger partial charge on any atom is 0.227 e. The lowest BCUT2D eigenvalue weighted by molar-refractivity contribution is -0.126. The van der Waals surface area contributed by atoms with Crippen molar-refractivity contribution in [3.05, 3.63) is 24.3 Å². The van der Waals surface area contributed by atoms with E-state index in [1.807, 2.05) is 0 Å². The molecule has 1 fully saturated rings. The van der Waals surface area contributed by atoms with Crippen LogP contribution in [0.25, 0.3) is 0 Å². The number of nitrogens with zero attached hydrogens (tertiary/aromatic N) is 2. The van der Waals surface area contributed by atoms with Crippen LogP contribution < -0.4 is 11.1 Å². The highest BCUT2D eigenvalue weighted by molar-refractivity contribution is 5.85. The molecule has 0 radical (unpaired) electrons. The zero-order valence-electron chi connectivity index (χ0n) is 8.44. The Bertz CT molecular complexity index is 348. The van der Waals surface area contributed by atoms with Crippen molar-refractivity contribution >= 4 is 5.91 Å². The van der Waals surface area contributed by atoms with E-state index in [1.165, 1.54) is 6.33 Å². The van der Waals surface area contributed by atoms with Gasteiger partial charge in [-0.3, -0.25) is 4.79 Å². The Morgan fingerprint density at radius 2 is 2.40 bits per heavy atom. The maximum atomic E-state index is 11.7. The van der Waals surface area contributed by atoms with E-state index in [2.05, 4.69) is 15.3 Å². The molecule has 1 aromatic heterocycles. The number of hydrogen-bond acceptors (Lipinski definition) is 4. The van der Waals surface area contributed by atoms with Crippen LogP contribution in [0.4, 0.5) is 0 Å². The summed E-state index contributed by atoms with van der Waals surface area (Å²) in [6.45, 7) is 0.881. The number of amides is 1. The number of aromatic nitrogens is 2. The molecule has 0 bridgehead atoms. The fourth-order valence-electron chi connectivity index (χ4n) is 1.46. The number of nitrogens with one attached hydrogen (secondary N) is 1. The van der Waals surface area contributed by atoms with Gasteiger partial charge in [-0.25, -0.2) is 9.97 Å². The predicted molar refractivity (Wildman–Crippen MR) is 54.6 cm³/mol. The molecule has 1 heterocycles. The molecule has 1 aromatic rings. The molecule has 1 aliphatic carbocycles. The van der Waals surface area contributed by atoms with E-state index in [4.69, 9.17) is 5.73 Å². The number of rotatable bonds is 4. The summed E-state index contributed by atoms with van der Waals surface area (Å²) in [6.07, 6.45) is 4.93. The third-order valence-electron chi connectivity index (χ3n) is 2.80. The number of nitrogens with two attached hydrogens (primary N) is 1. The molecule has 5 nitrogen and oxygen atoms in total. The smallest absolute Gasteiger partial charge is 0.227 e. The molecule has 0 aliphatic heterocycles. The second-order valence-corrected chi connectivity index (χ2v) is 3.87. The molecule has 15 heavy (non-hydrogen) atoms. The fraction of sp³-hybridized carbons (Fsp3) is 0.500. The molecule has 0 saturated heterocycles. The molecule has 0 unspecified atom stereocenters. The Balaban J connectivity index is 1.86. The van der Waals surface area contributed by atoms with Crippen LogP contribution in [0.15, 0.2) is 18.6 Å². The molecule has 3 N–H and O–H groups in total. The van der Waals surface area contributed by atoms with E-state index < -0.39 is 0 Å². The number of carbonyl (C=O) groups excluding carboxylic acids is 1. The van der Waals surface area contributed by atoms with Crippen LogP contribution in [0.5, 0.6) is 0 Å². The lowest BCUT2D eigenvalue weighted by Gasteiger charge is -2.11. The van der Waals surface area contributed by atoms with Crippen molar-refractivity contribution in [3.63, 3.8) is 0 Å². The van der Waals surface area contributed by atoms with Crippen molar-refractivity contribution in [2.45, 2.75) is 19.4 Å². The molecular formula is C10H14N4O. The summed E-state index contributed by atoms with van der Waals surface area (Å²) in [5.41, 5.74) is 6.08. The molecule has 5 heteroatoms. The van der Waals surface area contributed by atoms with E-state index in [-0.39, 0.29) is 11.3 Å². The minimum Gasteiger partial charge on any atom is -0.350 e. The Labute approximate surface area is 88.1 Å². The normalized spacial score (nSPS) is 17.1. The van der Waals surface area contributed by atoms with E-state index in [9.17, 15) is 4.79 Å².